The number of nitrogens with one attached hydrogen (secondary N) is 1. The molecule has 0 aromatic heterocycles. The summed E-state index contributed by atoms with van der Waals surface area (Å²) >= 11 is 0. The molecule has 1 aliphatic carbocycles. The fourth-order valence-electron chi connectivity index (χ4n) is 2.87. The van der Waals surface area contributed by atoms with E-state index in [1.807, 2.05) is 6.92 Å². The van der Waals surface area contributed by atoms with Crippen molar-refractivity contribution in [1.29, 1.82) is 0 Å². The van der Waals surface area contributed by atoms with E-state index in [4.69, 9.17) is 5.84 Å². The summed E-state index contributed by atoms with van der Waals surface area (Å²) in [6, 6.07) is -0.187. The number of fused-ring (bicyclic) bond motifs is 1. The van der Waals surface area contributed by atoms with Gasteiger partial charge >= 0.3 is 0 Å². The van der Waals surface area contributed by atoms with Crippen LogP contribution in [0.25, 0.3) is 0 Å². The Morgan fingerprint density at radius 2 is 2.27 bits per heavy atom. The molecule has 15 heavy (non-hydrogen) atoms. The molecule has 0 aromatic carbocycles. The topological polar surface area (TPSA) is 78.6 Å². The standard InChI is InChI=1S/C10H19N3O2/c1-6(10(15)12-11)13-4-7-2-3-9(14)8(7)5-13/h6-9,14H,2-5,11H2,1H3,(H,12,15). The van der Waals surface area contributed by atoms with Gasteiger partial charge in [-0.3, -0.25) is 15.1 Å². The summed E-state index contributed by atoms with van der Waals surface area (Å²) in [7, 11) is 0. The zero-order chi connectivity index (χ0) is 11.0. The Kier molecular flexibility index (Phi) is 2.95. The second-order valence-corrected chi connectivity index (χ2v) is 4.71. The molecule has 2 rings (SSSR count). The molecule has 2 aliphatic rings. The monoisotopic (exact) mass is 213 g/mol. The molecule has 4 unspecified atom stereocenters. The van der Waals surface area contributed by atoms with E-state index in [1.165, 1.54) is 0 Å². The lowest BCUT2D eigenvalue weighted by Gasteiger charge is -2.23. The Hall–Kier alpha value is -0.650. The maximum Gasteiger partial charge on any atom is 0.250 e. The molecule has 1 heterocycles. The molecular formula is C10H19N3O2. The smallest absolute Gasteiger partial charge is 0.250 e. The Labute approximate surface area is 89.6 Å². The van der Waals surface area contributed by atoms with Crippen molar-refractivity contribution in [1.82, 2.24) is 10.3 Å². The summed E-state index contributed by atoms with van der Waals surface area (Å²) in [6.07, 6.45) is 1.83. The minimum Gasteiger partial charge on any atom is -0.393 e. The highest BCUT2D eigenvalue weighted by atomic mass is 16.3. The maximum atomic E-state index is 11.4. The fourth-order valence-corrected chi connectivity index (χ4v) is 2.87. The molecule has 1 saturated carbocycles. The van der Waals surface area contributed by atoms with Gasteiger partial charge in [-0.15, -0.1) is 0 Å². The first-order chi connectivity index (χ1) is 7.13. The molecule has 5 nitrogen and oxygen atoms in total. The number of likely N-dealkylation sites (tertiary alicyclic amines) is 1. The van der Waals surface area contributed by atoms with E-state index in [9.17, 15) is 9.90 Å². The summed E-state index contributed by atoms with van der Waals surface area (Å²) in [6.45, 7) is 3.59. The highest BCUT2D eigenvalue weighted by Gasteiger charge is 2.43. The Morgan fingerprint density at radius 3 is 2.87 bits per heavy atom. The summed E-state index contributed by atoms with van der Waals surface area (Å²) in [5, 5.41) is 9.74. The van der Waals surface area contributed by atoms with Gasteiger partial charge in [-0.2, -0.15) is 0 Å². The van der Waals surface area contributed by atoms with Crippen LogP contribution in [0, 0.1) is 11.8 Å². The molecule has 0 radical (unpaired) electrons. The number of hydrazine groups is 1. The van der Waals surface area contributed by atoms with Gasteiger partial charge < -0.3 is 5.11 Å². The molecule has 4 N–H and O–H groups in total. The lowest BCUT2D eigenvalue weighted by molar-refractivity contribution is -0.125. The first-order valence-corrected chi connectivity index (χ1v) is 5.56. The van der Waals surface area contributed by atoms with E-state index < -0.39 is 0 Å². The van der Waals surface area contributed by atoms with Crippen LogP contribution in [0.4, 0.5) is 0 Å². The average Bonchev–Trinajstić information content (AvgIpc) is 2.79. The van der Waals surface area contributed by atoms with Gasteiger partial charge in [0.2, 0.25) is 0 Å². The van der Waals surface area contributed by atoms with Gasteiger partial charge in [0.05, 0.1) is 12.1 Å². The second kappa shape index (κ2) is 4.08. The lowest BCUT2D eigenvalue weighted by Crippen LogP contribution is -2.47. The number of hydrogen-bond acceptors (Lipinski definition) is 4. The van der Waals surface area contributed by atoms with Crippen LogP contribution in [0.2, 0.25) is 0 Å². The highest BCUT2D eigenvalue weighted by Crippen LogP contribution is 2.38. The van der Waals surface area contributed by atoms with Crippen molar-refractivity contribution in [2.45, 2.75) is 31.9 Å². The summed E-state index contributed by atoms with van der Waals surface area (Å²) in [4.78, 5) is 13.5. The third kappa shape index (κ3) is 1.87. The van der Waals surface area contributed by atoms with Crippen LogP contribution in [0.15, 0.2) is 0 Å². The van der Waals surface area contributed by atoms with E-state index in [0.717, 1.165) is 25.9 Å². The van der Waals surface area contributed by atoms with Crippen LogP contribution in [-0.2, 0) is 4.79 Å². The van der Waals surface area contributed by atoms with Crippen LogP contribution in [-0.4, -0.2) is 41.1 Å². The SMILES string of the molecule is CC(C(=O)NN)N1CC2CCC(O)C2C1. The molecule has 86 valence electrons. The van der Waals surface area contributed by atoms with Crippen molar-refractivity contribution in [3.8, 4) is 0 Å². The molecular weight excluding hydrogens is 194 g/mol. The van der Waals surface area contributed by atoms with Crippen LogP contribution < -0.4 is 11.3 Å². The Bertz CT molecular complexity index is 259. The highest BCUT2D eigenvalue weighted by molar-refractivity contribution is 5.80. The minimum absolute atomic E-state index is 0.149. The largest absolute Gasteiger partial charge is 0.393 e. The van der Waals surface area contributed by atoms with E-state index in [0.29, 0.717) is 11.8 Å². The van der Waals surface area contributed by atoms with Gasteiger partial charge in [0.15, 0.2) is 0 Å². The molecule has 0 spiro atoms. The van der Waals surface area contributed by atoms with Crippen LogP contribution in [0.1, 0.15) is 19.8 Å². The number of aliphatic hydroxyl groups is 1. The Morgan fingerprint density at radius 1 is 1.53 bits per heavy atom. The average molecular weight is 213 g/mol. The third-order valence-corrected chi connectivity index (χ3v) is 3.92. The molecule has 1 aliphatic heterocycles. The quantitative estimate of drug-likeness (QED) is 0.314. The maximum absolute atomic E-state index is 11.4. The first-order valence-electron chi connectivity index (χ1n) is 5.56. The van der Waals surface area contributed by atoms with Gasteiger partial charge in [-0.1, -0.05) is 0 Å². The zero-order valence-electron chi connectivity index (χ0n) is 9.02. The molecule has 2 fully saturated rings. The molecule has 0 bridgehead atoms. The van der Waals surface area contributed by atoms with Crippen LogP contribution >= 0.6 is 0 Å². The van der Waals surface area contributed by atoms with E-state index in [2.05, 4.69) is 10.3 Å². The zero-order valence-corrected chi connectivity index (χ0v) is 9.02. The van der Waals surface area contributed by atoms with E-state index in [-0.39, 0.29) is 18.1 Å². The van der Waals surface area contributed by atoms with E-state index in [1.54, 1.807) is 0 Å². The van der Waals surface area contributed by atoms with Crippen molar-refractivity contribution in [3.63, 3.8) is 0 Å². The van der Waals surface area contributed by atoms with Crippen molar-refractivity contribution in [2.75, 3.05) is 13.1 Å². The first kappa shape index (κ1) is 10.9. The van der Waals surface area contributed by atoms with Crippen LogP contribution in [0.3, 0.4) is 0 Å². The number of amides is 1. The normalized spacial score (nSPS) is 37.7. The van der Waals surface area contributed by atoms with Crippen molar-refractivity contribution < 1.29 is 9.90 Å². The molecule has 1 amide bonds. The predicted octanol–water partition coefficient (Wildman–Crippen LogP) is -0.932. The molecule has 1 saturated heterocycles. The fraction of sp³-hybridized carbons (Fsp3) is 0.900. The number of rotatable bonds is 2. The molecule has 0 aromatic rings. The Balaban J connectivity index is 1.95. The van der Waals surface area contributed by atoms with Gasteiger partial charge in [-0.25, -0.2) is 5.84 Å². The van der Waals surface area contributed by atoms with E-state index >= 15 is 0 Å². The minimum atomic E-state index is -0.187. The predicted molar refractivity (Wildman–Crippen MR) is 55.6 cm³/mol. The third-order valence-electron chi connectivity index (χ3n) is 3.92. The number of carbonyl (C=O) groups excluding carboxylic acids is 1. The number of nitrogens with zero attached hydrogens (tertiary/aromatic N) is 1. The van der Waals surface area contributed by atoms with Crippen molar-refractivity contribution in [2.24, 2.45) is 17.7 Å². The number of carbonyl (C=O) groups is 1. The summed E-state index contributed by atoms with van der Waals surface area (Å²) in [5.74, 6) is 5.88. The number of aliphatic hydroxyl groups excluding tert-OH is 1. The van der Waals surface area contributed by atoms with Gasteiger partial charge in [0.1, 0.15) is 0 Å². The molecule has 5 heteroatoms. The van der Waals surface area contributed by atoms with Gasteiger partial charge in [-0.05, 0) is 25.7 Å². The lowest BCUT2D eigenvalue weighted by atomic mass is 10.00. The summed E-state index contributed by atoms with van der Waals surface area (Å²) < 4.78 is 0. The van der Waals surface area contributed by atoms with Gasteiger partial charge in [0, 0.05) is 19.0 Å². The number of hydrogen-bond donors (Lipinski definition) is 3. The van der Waals surface area contributed by atoms with Crippen LogP contribution in [0.5, 0.6) is 0 Å². The summed E-state index contributed by atoms with van der Waals surface area (Å²) in [5.41, 5.74) is 2.18. The van der Waals surface area contributed by atoms with Gasteiger partial charge in [0.25, 0.3) is 5.91 Å². The molecule has 4 atom stereocenters. The number of nitrogens with two attached hydrogens (primary N) is 1. The second-order valence-electron chi connectivity index (χ2n) is 4.71. The van der Waals surface area contributed by atoms with Crippen molar-refractivity contribution in [3.05, 3.63) is 0 Å². The van der Waals surface area contributed by atoms with Crippen molar-refractivity contribution >= 4 is 5.91 Å².